The minimum Gasteiger partial charge on any atom is -0.393 e. The fraction of sp³-hybridized carbons (Fsp3) is 0.864. The molecule has 2 rings (SSSR count). The van der Waals surface area contributed by atoms with Crippen molar-refractivity contribution < 1.29 is 85.5 Å². The maximum absolute atomic E-state index is 11.0. The Morgan fingerprint density at radius 2 is 1.75 bits per heavy atom. The van der Waals surface area contributed by atoms with E-state index in [1.807, 2.05) is 12.2 Å². The van der Waals surface area contributed by atoms with Gasteiger partial charge in [0.25, 0.3) is 0 Å². The molecule has 3 unspecified atom stereocenters. The summed E-state index contributed by atoms with van der Waals surface area (Å²) in [6, 6.07) is 0. The molecule has 0 aromatic heterocycles. The molecule has 4 nitrogen and oxygen atoms in total. The standard InChI is InChI=1S/C22H38O4.2Y/c1-16(23)9-5-3-4-6-10-17-18(20(25)15-19(17)24)11-7-12-21(26)22(2)13-8-14-22;;/h7,11,17-21,24-26H,3-6,8-10,12-15H2,1-2H3;;/b11-7+;;/t17-,18-,19?,20?,21?;;/m1../s1. The van der Waals surface area contributed by atoms with Gasteiger partial charge in [-0.25, -0.2) is 0 Å². The Bertz CT molecular complexity index is 479. The third kappa shape index (κ3) is 8.93. The summed E-state index contributed by atoms with van der Waals surface area (Å²) in [6.45, 7) is 3.79. The average molecular weight is 544 g/mol. The zero-order chi connectivity index (χ0) is 19.2. The van der Waals surface area contributed by atoms with E-state index in [1.54, 1.807) is 6.92 Å². The average Bonchev–Trinajstić information content (AvgIpc) is 2.81. The largest absolute Gasteiger partial charge is 0.393 e. The van der Waals surface area contributed by atoms with Gasteiger partial charge >= 0.3 is 0 Å². The number of aliphatic hydroxyl groups excluding tert-OH is 3. The molecule has 2 fully saturated rings. The molecule has 0 amide bonds. The number of carbonyl (C=O) groups excluding carboxylic acids is 1. The number of carbonyl (C=O) groups is 1. The van der Waals surface area contributed by atoms with Crippen LogP contribution in [0.1, 0.15) is 84.5 Å². The van der Waals surface area contributed by atoms with Crippen molar-refractivity contribution in [1.29, 1.82) is 0 Å². The van der Waals surface area contributed by atoms with Crippen molar-refractivity contribution >= 4 is 5.78 Å². The van der Waals surface area contributed by atoms with E-state index in [0.717, 1.165) is 44.9 Å². The van der Waals surface area contributed by atoms with Crippen LogP contribution >= 0.6 is 0 Å². The van der Waals surface area contributed by atoms with Gasteiger partial charge in [0.1, 0.15) is 5.78 Å². The first-order valence-electron chi connectivity index (χ1n) is 10.5. The maximum Gasteiger partial charge on any atom is 0.129 e. The number of Topliss-reactive ketones (excluding diaryl/α,β-unsaturated/α-hetero) is 1. The van der Waals surface area contributed by atoms with Crippen LogP contribution in [0, 0.1) is 17.3 Å². The van der Waals surface area contributed by atoms with Gasteiger partial charge in [-0.3, -0.25) is 0 Å². The Morgan fingerprint density at radius 1 is 1.11 bits per heavy atom. The van der Waals surface area contributed by atoms with E-state index < -0.39 is 12.2 Å². The molecule has 0 saturated heterocycles. The molecule has 0 aromatic carbocycles. The molecule has 156 valence electrons. The first-order valence-corrected chi connectivity index (χ1v) is 10.5. The summed E-state index contributed by atoms with van der Waals surface area (Å²) in [7, 11) is 0. The van der Waals surface area contributed by atoms with E-state index in [1.165, 1.54) is 6.42 Å². The molecule has 2 saturated carbocycles. The van der Waals surface area contributed by atoms with Gasteiger partial charge in [-0.2, -0.15) is 0 Å². The van der Waals surface area contributed by atoms with Gasteiger partial charge in [-0.1, -0.05) is 44.8 Å². The summed E-state index contributed by atoms with van der Waals surface area (Å²) in [5, 5.41) is 31.0. The second-order valence-corrected chi connectivity index (χ2v) is 8.95. The van der Waals surface area contributed by atoms with Gasteiger partial charge in [-0.15, -0.1) is 0 Å². The van der Waals surface area contributed by atoms with E-state index in [9.17, 15) is 20.1 Å². The van der Waals surface area contributed by atoms with Crippen LogP contribution < -0.4 is 0 Å². The van der Waals surface area contributed by atoms with Gasteiger partial charge in [0.15, 0.2) is 0 Å². The van der Waals surface area contributed by atoms with Gasteiger partial charge < -0.3 is 20.1 Å². The van der Waals surface area contributed by atoms with Gasteiger partial charge in [0.05, 0.1) is 18.3 Å². The predicted octanol–water partition coefficient (Wildman–Crippen LogP) is 3.77. The van der Waals surface area contributed by atoms with E-state index >= 15 is 0 Å². The Hall–Kier alpha value is 1.50. The number of hydrogen-bond acceptors (Lipinski definition) is 4. The van der Waals surface area contributed by atoms with Crippen LogP contribution in [0.25, 0.3) is 0 Å². The number of hydrogen-bond donors (Lipinski definition) is 3. The second-order valence-electron chi connectivity index (χ2n) is 8.95. The summed E-state index contributed by atoms with van der Waals surface area (Å²) in [5.74, 6) is 0.344. The summed E-state index contributed by atoms with van der Waals surface area (Å²) in [5.41, 5.74) is 0.0669. The fourth-order valence-electron chi connectivity index (χ4n) is 4.60. The fourth-order valence-corrected chi connectivity index (χ4v) is 4.60. The minimum absolute atomic E-state index is 0. The topological polar surface area (TPSA) is 77.8 Å². The van der Waals surface area contributed by atoms with E-state index in [2.05, 4.69) is 6.92 Å². The molecule has 5 atom stereocenters. The van der Waals surface area contributed by atoms with Crippen LogP contribution in [0.3, 0.4) is 0 Å². The monoisotopic (exact) mass is 544 g/mol. The van der Waals surface area contributed by atoms with Crippen LogP contribution in [-0.2, 0) is 70.2 Å². The first kappa shape index (κ1) is 29.5. The Kier molecular flexibility index (Phi) is 15.3. The van der Waals surface area contributed by atoms with Crippen molar-refractivity contribution in [2.45, 2.75) is 103 Å². The predicted molar refractivity (Wildman–Crippen MR) is 104 cm³/mol. The van der Waals surface area contributed by atoms with E-state index in [0.29, 0.717) is 19.3 Å². The number of rotatable bonds is 11. The molecule has 2 aliphatic rings. The van der Waals surface area contributed by atoms with E-state index in [-0.39, 0.29) is 94.6 Å². The zero-order valence-corrected chi connectivity index (χ0v) is 23.4. The van der Waals surface area contributed by atoms with E-state index in [4.69, 9.17) is 0 Å². The van der Waals surface area contributed by atoms with Gasteiger partial charge in [0.2, 0.25) is 0 Å². The third-order valence-corrected chi connectivity index (χ3v) is 6.75. The SMILES string of the molecule is CC(=O)CCCCCC[C@H]1C(O)CC(O)[C@@H]1/C=C/CC(O)C1(C)CCC1.[Y].[Y]. The van der Waals surface area contributed by atoms with Crippen molar-refractivity contribution in [1.82, 2.24) is 0 Å². The number of ketones is 1. The summed E-state index contributed by atoms with van der Waals surface area (Å²) in [6.07, 6.45) is 13.0. The molecule has 0 heterocycles. The quantitative estimate of drug-likeness (QED) is 0.274. The molecule has 0 aliphatic heterocycles. The molecule has 0 bridgehead atoms. The minimum atomic E-state index is -0.486. The van der Waals surface area contributed by atoms with Crippen LogP contribution in [0.2, 0.25) is 0 Å². The summed E-state index contributed by atoms with van der Waals surface area (Å²) >= 11 is 0. The van der Waals surface area contributed by atoms with Crippen LogP contribution in [0.15, 0.2) is 12.2 Å². The van der Waals surface area contributed by atoms with Crippen molar-refractivity contribution in [2.24, 2.45) is 17.3 Å². The molecule has 0 spiro atoms. The molecule has 2 aliphatic carbocycles. The smallest absolute Gasteiger partial charge is 0.129 e. The molecule has 6 heteroatoms. The third-order valence-electron chi connectivity index (χ3n) is 6.75. The molecular formula is C22H38O4Y2. The Morgan fingerprint density at radius 3 is 2.32 bits per heavy atom. The van der Waals surface area contributed by atoms with Crippen LogP contribution in [0.5, 0.6) is 0 Å². The first-order chi connectivity index (χ1) is 12.3. The Labute approximate surface area is 221 Å². The van der Waals surface area contributed by atoms with Crippen molar-refractivity contribution in [3.05, 3.63) is 12.2 Å². The van der Waals surface area contributed by atoms with Crippen molar-refractivity contribution in [2.75, 3.05) is 0 Å². The zero-order valence-electron chi connectivity index (χ0n) is 17.7. The molecule has 2 radical (unpaired) electrons. The van der Waals surface area contributed by atoms with Crippen LogP contribution in [0.4, 0.5) is 0 Å². The summed E-state index contributed by atoms with van der Waals surface area (Å²) in [4.78, 5) is 11.0. The molecule has 3 N–H and O–H groups in total. The van der Waals surface area contributed by atoms with Gasteiger partial charge in [-0.05, 0) is 50.4 Å². The number of unbranched alkanes of at least 4 members (excludes halogenated alkanes) is 3. The van der Waals surface area contributed by atoms with Gasteiger partial charge in [0, 0.05) is 84.2 Å². The summed E-state index contributed by atoms with van der Waals surface area (Å²) < 4.78 is 0. The van der Waals surface area contributed by atoms with Crippen molar-refractivity contribution in [3.8, 4) is 0 Å². The number of aliphatic hydroxyl groups is 3. The molecular weight excluding hydrogens is 506 g/mol. The normalized spacial score (nSPS) is 29.6. The van der Waals surface area contributed by atoms with Crippen LogP contribution in [-0.4, -0.2) is 39.4 Å². The molecule has 0 aromatic rings. The maximum atomic E-state index is 11.0. The molecule has 28 heavy (non-hydrogen) atoms. The Balaban J connectivity index is 0.00000364. The van der Waals surface area contributed by atoms with Crippen molar-refractivity contribution in [3.63, 3.8) is 0 Å². The second kappa shape index (κ2) is 14.5.